The van der Waals surface area contributed by atoms with E-state index in [9.17, 15) is 9.90 Å². The number of para-hydroxylation sites is 2. The number of phenols is 1. The smallest absolute Gasteiger partial charge is 0.282 e. The van der Waals surface area contributed by atoms with Crippen LogP contribution in [0.1, 0.15) is 17.0 Å². The third-order valence-corrected chi connectivity index (χ3v) is 3.50. The number of aryl methyl sites for hydroxylation is 2. The van der Waals surface area contributed by atoms with E-state index in [2.05, 4.69) is 10.1 Å². The molecule has 0 aliphatic heterocycles. The van der Waals surface area contributed by atoms with E-state index in [0.717, 1.165) is 5.56 Å². The highest BCUT2D eigenvalue weighted by Crippen LogP contribution is 2.19. The van der Waals surface area contributed by atoms with Crippen molar-refractivity contribution in [3.05, 3.63) is 69.8 Å². The van der Waals surface area contributed by atoms with Crippen LogP contribution in [-0.2, 0) is 0 Å². The summed E-state index contributed by atoms with van der Waals surface area (Å²) in [5.74, 6) is 0.651. The van der Waals surface area contributed by atoms with Crippen molar-refractivity contribution in [3.63, 3.8) is 0 Å². The molecule has 0 aliphatic carbocycles. The molecule has 110 valence electrons. The second-order valence-corrected chi connectivity index (χ2v) is 5.05. The van der Waals surface area contributed by atoms with Crippen molar-refractivity contribution < 1.29 is 5.11 Å². The highest BCUT2D eigenvalue weighted by molar-refractivity contribution is 5.84. The number of nitrogens with zero attached hydrogens (tertiary/aromatic N) is 3. The Hall–Kier alpha value is -2.95. The van der Waals surface area contributed by atoms with Gasteiger partial charge >= 0.3 is 0 Å². The molecule has 1 heterocycles. The summed E-state index contributed by atoms with van der Waals surface area (Å²) in [6.45, 7) is 3.53. The predicted octanol–water partition coefficient (Wildman–Crippen LogP) is 2.60. The van der Waals surface area contributed by atoms with E-state index in [-0.39, 0.29) is 11.3 Å². The van der Waals surface area contributed by atoms with Crippen LogP contribution in [0.25, 0.3) is 10.9 Å². The summed E-state index contributed by atoms with van der Waals surface area (Å²) in [4.78, 5) is 16.8. The zero-order valence-corrected chi connectivity index (χ0v) is 12.3. The average molecular weight is 293 g/mol. The second kappa shape index (κ2) is 5.44. The summed E-state index contributed by atoms with van der Waals surface area (Å²) in [5, 5.41) is 14.7. The molecule has 0 amide bonds. The molecule has 1 aromatic heterocycles. The maximum atomic E-state index is 12.5. The van der Waals surface area contributed by atoms with Crippen molar-refractivity contribution in [1.29, 1.82) is 0 Å². The zero-order chi connectivity index (χ0) is 15.7. The molecule has 0 radical (unpaired) electrons. The SMILES string of the molecule is Cc1cccc(/C=N/n2c(C)nc3ccccc3c2=O)c1O. The Labute approximate surface area is 127 Å². The Bertz CT molecular complexity index is 942. The molecule has 0 spiro atoms. The molecule has 0 saturated carbocycles. The monoisotopic (exact) mass is 293 g/mol. The number of rotatable bonds is 2. The van der Waals surface area contributed by atoms with E-state index in [1.165, 1.54) is 10.9 Å². The molecule has 5 heteroatoms. The largest absolute Gasteiger partial charge is 0.507 e. The highest BCUT2D eigenvalue weighted by Gasteiger charge is 2.07. The van der Waals surface area contributed by atoms with Gasteiger partial charge in [0.25, 0.3) is 5.56 Å². The highest BCUT2D eigenvalue weighted by atomic mass is 16.3. The van der Waals surface area contributed by atoms with Crippen LogP contribution >= 0.6 is 0 Å². The summed E-state index contributed by atoms with van der Waals surface area (Å²) in [7, 11) is 0. The third kappa shape index (κ3) is 2.37. The van der Waals surface area contributed by atoms with E-state index in [1.54, 1.807) is 31.2 Å². The molecular formula is C17H15N3O2. The average Bonchev–Trinajstić information content (AvgIpc) is 2.51. The Morgan fingerprint density at radius 3 is 2.73 bits per heavy atom. The van der Waals surface area contributed by atoms with E-state index in [4.69, 9.17) is 0 Å². The summed E-state index contributed by atoms with van der Waals surface area (Å²) >= 11 is 0. The Morgan fingerprint density at radius 2 is 1.91 bits per heavy atom. The molecule has 22 heavy (non-hydrogen) atoms. The van der Waals surface area contributed by atoms with Crippen LogP contribution in [-0.4, -0.2) is 21.0 Å². The number of aromatic nitrogens is 2. The van der Waals surface area contributed by atoms with Gasteiger partial charge in [-0.2, -0.15) is 9.78 Å². The van der Waals surface area contributed by atoms with Gasteiger partial charge in [0, 0.05) is 5.56 Å². The first kappa shape index (κ1) is 14.0. The Kier molecular flexibility index (Phi) is 3.47. The van der Waals surface area contributed by atoms with Crippen LogP contribution in [0.3, 0.4) is 0 Å². The van der Waals surface area contributed by atoms with E-state index in [1.807, 2.05) is 25.1 Å². The number of aromatic hydroxyl groups is 1. The van der Waals surface area contributed by atoms with Crippen molar-refractivity contribution in [2.45, 2.75) is 13.8 Å². The first-order valence-electron chi connectivity index (χ1n) is 6.89. The number of fused-ring (bicyclic) bond motifs is 1. The first-order chi connectivity index (χ1) is 10.6. The number of benzene rings is 2. The molecular weight excluding hydrogens is 278 g/mol. The number of hydrogen-bond acceptors (Lipinski definition) is 4. The van der Waals surface area contributed by atoms with Crippen LogP contribution in [0, 0.1) is 13.8 Å². The van der Waals surface area contributed by atoms with Gasteiger partial charge in [-0.05, 0) is 37.6 Å². The van der Waals surface area contributed by atoms with Crippen molar-refractivity contribution in [3.8, 4) is 5.75 Å². The van der Waals surface area contributed by atoms with E-state index >= 15 is 0 Å². The van der Waals surface area contributed by atoms with Gasteiger partial charge in [-0.15, -0.1) is 0 Å². The van der Waals surface area contributed by atoms with Gasteiger partial charge in [0.05, 0.1) is 17.1 Å². The van der Waals surface area contributed by atoms with Gasteiger partial charge in [0.2, 0.25) is 0 Å². The lowest BCUT2D eigenvalue weighted by Crippen LogP contribution is -2.20. The molecule has 2 aromatic carbocycles. The lowest BCUT2D eigenvalue weighted by atomic mass is 10.1. The van der Waals surface area contributed by atoms with Crippen LogP contribution in [0.4, 0.5) is 0 Å². The molecule has 0 unspecified atom stereocenters. The minimum Gasteiger partial charge on any atom is -0.507 e. The van der Waals surface area contributed by atoms with Gasteiger partial charge in [0.15, 0.2) is 0 Å². The lowest BCUT2D eigenvalue weighted by molar-refractivity contribution is 0.470. The van der Waals surface area contributed by atoms with E-state index in [0.29, 0.717) is 22.3 Å². The summed E-state index contributed by atoms with van der Waals surface area (Å²) in [5.41, 5.74) is 1.73. The van der Waals surface area contributed by atoms with Gasteiger partial charge in [-0.3, -0.25) is 4.79 Å². The van der Waals surface area contributed by atoms with Gasteiger partial charge in [0.1, 0.15) is 11.6 Å². The standard InChI is InChI=1S/C17H15N3O2/c1-11-6-5-7-13(16(11)21)10-18-20-12(2)19-15-9-4-3-8-14(15)17(20)22/h3-10,21H,1-2H3/b18-10+. The summed E-state index contributed by atoms with van der Waals surface area (Å²) in [6, 6.07) is 12.5. The minimum absolute atomic E-state index is 0.158. The fourth-order valence-electron chi connectivity index (χ4n) is 2.28. The molecule has 1 N–H and O–H groups in total. The Morgan fingerprint density at radius 1 is 1.14 bits per heavy atom. The molecule has 0 fully saturated rings. The van der Waals surface area contributed by atoms with Crippen LogP contribution < -0.4 is 5.56 Å². The topological polar surface area (TPSA) is 67.5 Å². The van der Waals surface area contributed by atoms with Crippen LogP contribution in [0.5, 0.6) is 5.75 Å². The molecule has 0 saturated heterocycles. The van der Waals surface area contributed by atoms with Crippen molar-refractivity contribution in [2.75, 3.05) is 0 Å². The fraction of sp³-hybridized carbons (Fsp3) is 0.118. The maximum absolute atomic E-state index is 12.5. The van der Waals surface area contributed by atoms with Crippen LogP contribution in [0.2, 0.25) is 0 Å². The Balaban J connectivity index is 2.13. The summed E-state index contributed by atoms with van der Waals surface area (Å²) in [6.07, 6.45) is 1.47. The normalized spacial score (nSPS) is 11.4. The molecule has 3 aromatic rings. The lowest BCUT2D eigenvalue weighted by Gasteiger charge is -2.06. The molecule has 0 atom stereocenters. The number of phenolic OH excluding ortho intramolecular Hbond substituents is 1. The molecule has 5 nitrogen and oxygen atoms in total. The van der Waals surface area contributed by atoms with Gasteiger partial charge < -0.3 is 5.11 Å². The molecule has 0 bridgehead atoms. The van der Waals surface area contributed by atoms with Gasteiger partial charge in [-0.1, -0.05) is 24.3 Å². The number of hydrogen-bond donors (Lipinski definition) is 1. The van der Waals surface area contributed by atoms with Gasteiger partial charge in [-0.25, -0.2) is 4.98 Å². The van der Waals surface area contributed by atoms with Crippen molar-refractivity contribution in [1.82, 2.24) is 9.66 Å². The van der Waals surface area contributed by atoms with Crippen molar-refractivity contribution in [2.24, 2.45) is 5.10 Å². The molecule has 0 aliphatic rings. The first-order valence-corrected chi connectivity index (χ1v) is 6.89. The predicted molar refractivity (Wildman–Crippen MR) is 86.6 cm³/mol. The van der Waals surface area contributed by atoms with Crippen molar-refractivity contribution >= 4 is 17.1 Å². The molecule has 3 rings (SSSR count). The third-order valence-electron chi connectivity index (χ3n) is 3.50. The quantitative estimate of drug-likeness (QED) is 0.738. The second-order valence-electron chi connectivity index (χ2n) is 5.05. The fourth-order valence-corrected chi connectivity index (χ4v) is 2.28. The minimum atomic E-state index is -0.230. The van der Waals surface area contributed by atoms with E-state index < -0.39 is 0 Å². The maximum Gasteiger partial charge on any atom is 0.282 e. The summed E-state index contributed by atoms with van der Waals surface area (Å²) < 4.78 is 1.24. The zero-order valence-electron chi connectivity index (χ0n) is 12.3. The van der Waals surface area contributed by atoms with Crippen LogP contribution in [0.15, 0.2) is 52.4 Å².